The molecule has 4 atom stereocenters. The molecule has 0 saturated carbocycles. The van der Waals surface area contributed by atoms with E-state index in [0.717, 1.165) is 39.8 Å². The molecule has 4 aromatic carbocycles. The van der Waals surface area contributed by atoms with Gasteiger partial charge in [-0.1, -0.05) is 85.3 Å². The summed E-state index contributed by atoms with van der Waals surface area (Å²) in [5, 5.41) is 41.8. The lowest BCUT2D eigenvalue weighted by Gasteiger charge is -2.38. The number of rotatable bonds is 17. The molecule has 4 aromatic rings. The number of phenolic OH excluding ortho intramolecular Hbond substituents is 1. The first kappa shape index (κ1) is 38.6. The van der Waals surface area contributed by atoms with Crippen LogP contribution < -0.4 is 10.8 Å². The summed E-state index contributed by atoms with van der Waals surface area (Å²) in [6, 6.07) is 30.5. The number of amides is 2. The number of unbranched alkanes of at least 4 members (excludes halogenated alkanes) is 2. The Morgan fingerprint density at radius 2 is 1.54 bits per heavy atom. The molecule has 52 heavy (non-hydrogen) atoms. The molecule has 5 rings (SSSR count). The van der Waals surface area contributed by atoms with Crippen LogP contribution in [-0.2, 0) is 32.2 Å². The standard InChI is InChI=1S/C41H49N3O8/c1-44(26-37(47)34-9-6-10-35(46)22-34)25-36-23-38(31-15-13-28(27-45)14-16-31)52-41(51-36)32-19-17-30(18-20-32)33-8-5-7-29(21-33)24-42-39(48)11-3-2-4-12-40(49)43-50/h5-10,13-22,36-38,41,45-47,50H,2-4,11-12,23-27H2,1H3,(H,42,48)(H,43,49). The van der Waals surface area contributed by atoms with E-state index in [4.69, 9.17) is 14.7 Å². The van der Waals surface area contributed by atoms with E-state index in [1.165, 1.54) is 0 Å². The van der Waals surface area contributed by atoms with Gasteiger partial charge < -0.3 is 35.0 Å². The highest BCUT2D eigenvalue weighted by Gasteiger charge is 2.33. The molecular formula is C41H49N3O8. The van der Waals surface area contributed by atoms with Gasteiger partial charge in [0.25, 0.3) is 0 Å². The van der Waals surface area contributed by atoms with Gasteiger partial charge in [-0.25, -0.2) is 5.48 Å². The first-order valence-electron chi connectivity index (χ1n) is 17.8. The lowest BCUT2D eigenvalue weighted by atomic mass is 9.98. The highest BCUT2D eigenvalue weighted by molar-refractivity contribution is 5.76. The fourth-order valence-electron chi connectivity index (χ4n) is 6.37. The summed E-state index contributed by atoms with van der Waals surface area (Å²) >= 11 is 0. The van der Waals surface area contributed by atoms with Crippen molar-refractivity contribution in [2.45, 2.75) is 76.3 Å². The molecule has 276 valence electrons. The summed E-state index contributed by atoms with van der Waals surface area (Å²) in [5.74, 6) is -0.354. The Morgan fingerprint density at radius 1 is 0.827 bits per heavy atom. The van der Waals surface area contributed by atoms with Crippen LogP contribution in [0.3, 0.4) is 0 Å². The minimum absolute atomic E-state index is 0.0348. The van der Waals surface area contributed by atoms with E-state index < -0.39 is 18.3 Å². The normalized spacial score (nSPS) is 17.8. The Labute approximate surface area is 304 Å². The molecule has 0 bridgehead atoms. The van der Waals surface area contributed by atoms with E-state index in [1.807, 2.05) is 78.7 Å². The van der Waals surface area contributed by atoms with Crippen LogP contribution in [0.4, 0.5) is 0 Å². The number of benzene rings is 4. The number of likely N-dealkylation sites (N-methyl/N-ethyl adjacent to an activating group) is 1. The van der Waals surface area contributed by atoms with Crippen LogP contribution in [0, 0.1) is 0 Å². The number of aromatic hydroxyl groups is 1. The second-order valence-electron chi connectivity index (χ2n) is 13.4. The number of aliphatic hydroxyl groups excluding tert-OH is 2. The zero-order valence-corrected chi connectivity index (χ0v) is 29.5. The van der Waals surface area contributed by atoms with Crippen LogP contribution in [0.1, 0.15) is 84.8 Å². The minimum Gasteiger partial charge on any atom is -0.508 e. The van der Waals surface area contributed by atoms with Gasteiger partial charge in [-0.15, -0.1) is 0 Å². The molecule has 0 radical (unpaired) electrons. The summed E-state index contributed by atoms with van der Waals surface area (Å²) in [4.78, 5) is 25.5. The van der Waals surface area contributed by atoms with Crippen LogP contribution in [-0.4, -0.2) is 63.5 Å². The molecule has 0 spiro atoms. The lowest BCUT2D eigenvalue weighted by Crippen LogP contribution is -2.39. The zero-order valence-electron chi connectivity index (χ0n) is 29.5. The van der Waals surface area contributed by atoms with E-state index >= 15 is 0 Å². The van der Waals surface area contributed by atoms with Crippen molar-refractivity contribution >= 4 is 11.8 Å². The van der Waals surface area contributed by atoms with Gasteiger partial charge in [-0.05, 0) is 71.5 Å². The highest BCUT2D eigenvalue weighted by Crippen LogP contribution is 2.39. The van der Waals surface area contributed by atoms with Crippen LogP contribution in [0.25, 0.3) is 11.1 Å². The fourth-order valence-corrected chi connectivity index (χ4v) is 6.37. The van der Waals surface area contributed by atoms with Gasteiger partial charge in [0.1, 0.15) is 5.75 Å². The zero-order chi connectivity index (χ0) is 36.9. The van der Waals surface area contributed by atoms with Gasteiger partial charge in [-0.2, -0.15) is 0 Å². The number of carbonyl (C=O) groups is 2. The molecule has 0 aromatic heterocycles. The van der Waals surface area contributed by atoms with Crippen LogP contribution in [0.15, 0.2) is 97.1 Å². The number of ether oxygens (including phenoxy) is 2. The molecule has 1 fully saturated rings. The average Bonchev–Trinajstić information content (AvgIpc) is 3.16. The molecule has 1 saturated heterocycles. The molecule has 2 amide bonds. The van der Waals surface area contributed by atoms with Crippen molar-refractivity contribution in [3.63, 3.8) is 0 Å². The maximum absolute atomic E-state index is 12.4. The topological polar surface area (TPSA) is 161 Å². The third kappa shape index (κ3) is 11.4. The predicted octanol–water partition coefficient (Wildman–Crippen LogP) is 5.83. The lowest BCUT2D eigenvalue weighted by molar-refractivity contribution is -0.252. The number of nitrogens with one attached hydrogen (secondary N) is 2. The number of carbonyl (C=O) groups excluding carboxylic acids is 2. The Bertz CT molecular complexity index is 1730. The number of nitrogens with zero attached hydrogens (tertiary/aromatic N) is 1. The molecule has 1 aliphatic rings. The van der Waals surface area contributed by atoms with Gasteiger partial charge in [0.05, 0.1) is 24.9 Å². The first-order chi connectivity index (χ1) is 25.2. The summed E-state index contributed by atoms with van der Waals surface area (Å²) in [7, 11) is 1.93. The maximum atomic E-state index is 12.4. The number of hydrogen-bond donors (Lipinski definition) is 6. The van der Waals surface area contributed by atoms with E-state index in [9.17, 15) is 24.9 Å². The van der Waals surface area contributed by atoms with Crippen molar-refractivity contribution in [3.8, 4) is 16.9 Å². The molecule has 1 aliphatic heterocycles. The molecule has 11 heteroatoms. The quantitative estimate of drug-likeness (QED) is 0.0450. The molecule has 6 N–H and O–H groups in total. The van der Waals surface area contributed by atoms with Crippen LogP contribution in [0.2, 0.25) is 0 Å². The van der Waals surface area contributed by atoms with Gasteiger partial charge in [0.15, 0.2) is 6.29 Å². The third-order valence-electron chi connectivity index (χ3n) is 9.24. The van der Waals surface area contributed by atoms with Gasteiger partial charge in [-0.3, -0.25) is 14.8 Å². The van der Waals surface area contributed by atoms with Crippen molar-refractivity contribution in [1.29, 1.82) is 0 Å². The third-order valence-corrected chi connectivity index (χ3v) is 9.24. The van der Waals surface area contributed by atoms with Gasteiger partial charge in [0, 0.05) is 44.5 Å². The number of phenols is 1. The Balaban J connectivity index is 1.21. The Kier molecular flexibility index (Phi) is 14.3. The summed E-state index contributed by atoms with van der Waals surface area (Å²) < 4.78 is 13.1. The SMILES string of the molecule is CN(CC1CC(c2ccc(CO)cc2)OC(c2ccc(-c3cccc(CNC(=O)CCCCCC(=O)NO)c3)cc2)O1)CC(O)c1cccc(O)c1. The van der Waals surface area contributed by atoms with E-state index in [1.54, 1.807) is 29.7 Å². The van der Waals surface area contributed by atoms with Crippen molar-refractivity contribution in [2.75, 3.05) is 20.1 Å². The first-order valence-corrected chi connectivity index (χ1v) is 17.8. The summed E-state index contributed by atoms with van der Waals surface area (Å²) in [6.07, 6.45) is 1.36. The van der Waals surface area contributed by atoms with Crippen molar-refractivity contribution in [3.05, 3.63) is 125 Å². The van der Waals surface area contributed by atoms with Crippen LogP contribution >= 0.6 is 0 Å². The minimum atomic E-state index is -0.776. The number of hydrogen-bond acceptors (Lipinski definition) is 9. The smallest absolute Gasteiger partial charge is 0.243 e. The Morgan fingerprint density at radius 3 is 2.25 bits per heavy atom. The summed E-state index contributed by atoms with van der Waals surface area (Å²) in [6.45, 7) is 1.27. The Hall–Kier alpha value is -4.62. The maximum Gasteiger partial charge on any atom is 0.243 e. The van der Waals surface area contributed by atoms with E-state index in [2.05, 4.69) is 11.4 Å². The van der Waals surface area contributed by atoms with E-state index in [-0.39, 0.29) is 36.9 Å². The molecule has 11 nitrogen and oxygen atoms in total. The number of hydroxylamine groups is 1. The van der Waals surface area contributed by atoms with Gasteiger partial charge >= 0.3 is 0 Å². The van der Waals surface area contributed by atoms with Crippen molar-refractivity contribution in [2.24, 2.45) is 0 Å². The van der Waals surface area contributed by atoms with E-state index in [0.29, 0.717) is 50.9 Å². The predicted molar refractivity (Wildman–Crippen MR) is 196 cm³/mol. The van der Waals surface area contributed by atoms with Crippen molar-refractivity contribution in [1.82, 2.24) is 15.7 Å². The number of aliphatic hydroxyl groups is 2. The highest BCUT2D eigenvalue weighted by atomic mass is 16.7. The molecular weight excluding hydrogens is 662 g/mol. The molecule has 4 unspecified atom stereocenters. The van der Waals surface area contributed by atoms with Crippen molar-refractivity contribution < 1.29 is 39.6 Å². The van der Waals surface area contributed by atoms with Gasteiger partial charge in [0.2, 0.25) is 11.8 Å². The fraction of sp³-hybridized carbons (Fsp3) is 0.366. The molecule has 1 heterocycles. The average molecular weight is 712 g/mol. The largest absolute Gasteiger partial charge is 0.508 e. The second kappa shape index (κ2) is 19.3. The monoisotopic (exact) mass is 711 g/mol. The molecule has 0 aliphatic carbocycles. The second-order valence-corrected chi connectivity index (χ2v) is 13.4. The summed E-state index contributed by atoms with van der Waals surface area (Å²) in [5.41, 5.74) is 7.94. The van der Waals surface area contributed by atoms with Crippen LogP contribution in [0.5, 0.6) is 5.75 Å².